The highest BCUT2D eigenvalue weighted by molar-refractivity contribution is 5.91. The van der Waals surface area contributed by atoms with Gasteiger partial charge in [-0.2, -0.15) is 0 Å². The monoisotopic (exact) mass is 326 g/mol. The van der Waals surface area contributed by atoms with Gasteiger partial charge in [0.1, 0.15) is 5.82 Å². The van der Waals surface area contributed by atoms with E-state index in [9.17, 15) is 9.59 Å². The van der Waals surface area contributed by atoms with Gasteiger partial charge in [-0.3, -0.25) is 9.59 Å². The van der Waals surface area contributed by atoms with Crippen LogP contribution in [0, 0.1) is 0 Å². The zero-order valence-corrected chi connectivity index (χ0v) is 13.8. The van der Waals surface area contributed by atoms with Gasteiger partial charge in [0.05, 0.1) is 5.69 Å². The molecule has 3 rings (SSSR count). The van der Waals surface area contributed by atoms with E-state index in [2.05, 4.69) is 21.4 Å². The molecule has 2 heterocycles. The quantitative estimate of drug-likeness (QED) is 0.885. The number of amides is 2. The number of fused-ring (bicyclic) bond motifs is 1. The third-order valence-corrected chi connectivity index (χ3v) is 4.10. The van der Waals surface area contributed by atoms with E-state index < -0.39 is 0 Å². The van der Waals surface area contributed by atoms with Crippen molar-refractivity contribution in [1.29, 1.82) is 0 Å². The minimum absolute atomic E-state index is 0.117. The van der Waals surface area contributed by atoms with Crippen molar-refractivity contribution < 1.29 is 9.59 Å². The van der Waals surface area contributed by atoms with Gasteiger partial charge >= 0.3 is 0 Å². The Bertz CT molecular complexity index is 710. The van der Waals surface area contributed by atoms with Gasteiger partial charge in [0.15, 0.2) is 0 Å². The maximum Gasteiger partial charge on any atom is 0.226 e. The van der Waals surface area contributed by atoms with Crippen LogP contribution in [0.2, 0.25) is 0 Å². The summed E-state index contributed by atoms with van der Waals surface area (Å²) in [7, 11) is 0. The molecule has 24 heavy (non-hydrogen) atoms. The molecule has 1 aliphatic rings. The van der Waals surface area contributed by atoms with E-state index in [1.165, 1.54) is 19.8 Å². The van der Waals surface area contributed by atoms with Crippen LogP contribution >= 0.6 is 0 Å². The van der Waals surface area contributed by atoms with Crippen LogP contribution in [-0.2, 0) is 22.6 Å². The van der Waals surface area contributed by atoms with Gasteiger partial charge in [0.2, 0.25) is 11.8 Å². The van der Waals surface area contributed by atoms with Crippen molar-refractivity contribution in [2.24, 2.45) is 0 Å². The predicted octanol–water partition coefficient (Wildman–Crippen LogP) is 2.35. The van der Waals surface area contributed by atoms with Crippen molar-refractivity contribution in [3.05, 3.63) is 36.3 Å². The molecular weight excluding hydrogens is 304 g/mol. The number of rotatable bonds is 5. The molecule has 6 nitrogen and oxygen atoms in total. The summed E-state index contributed by atoms with van der Waals surface area (Å²) in [5, 5.41) is 5.43. The summed E-state index contributed by atoms with van der Waals surface area (Å²) in [6.07, 6.45) is 5.83. The van der Waals surface area contributed by atoms with Crippen molar-refractivity contribution in [1.82, 2.24) is 14.9 Å². The van der Waals surface area contributed by atoms with Gasteiger partial charge < -0.3 is 15.2 Å². The summed E-state index contributed by atoms with van der Waals surface area (Å²) in [6, 6.07) is 7.70. The Morgan fingerprint density at radius 1 is 1.21 bits per heavy atom. The van der Waals surface area contributed by atoms with Gasteiger partial charge in [-0.1, -0.05) is 12.1 Å². The Hall–Kier alpha value is -2.63. The van der Waals surface area contributed by atoms with Crippen LogP contribution in [0.15, 0.2) is 30.5 Å². The van der Waals surface area contributed by atoms with E-state index in [0.717, 1.165) is 35.7 Å². The first-order valence-corrected chi connectivity index (χ1v) is 8.32. The summed E-state index contributed by atoms with van der Waals surface area (Å²) < 4.78 is 2.23. The average molecular weight is 326 g/mol. The van der Waals surface area contributed by atoms with Crippen LogP contribution in [0.25, 0.3) is 11.3 Å². The number of hydrogen-bond acceptors (Lipinski definition) is 3. The zero-order chi connectivity index (χ0) is 16.9. The number of aryl methyl sites for hydroxylation is 2. The second-order valence-electron chi connectivity index (χ2n) is 6.05. The number of carbonyl (C=O) groups excluding carboxylic acids is 2. The topological polar surface area (TPSA) is 76.0 Å². The number of benzene rings is 1. The van der Waals surface area contributed by atoms with Gasteiger partial charge in [-0.25, -0.2) is 4.98 Å². The van der Waals surface area contributed by atoms with Crippen molar-refractivity contribution in [2.45, 2.75) is 39.2 Å². The molecule has 0 bridgehead atoms. The maximum absolute atomic E-state index is 11.8. The van der Waals surface area contributed by atoms with Crippen molar-refractivity contribution in [3.8, 4) is 11.3 Å². The van der Waals surface area contributed by atoms with Crippen LogP contribution in [0.1, 0.15) is 32.0 Å². The fourth-order valence-corrected chi connectivity index (χ4v) is 2.85. The second kappa shape index (κ2) is 7.29. The van der Waals surface area contributed by atoms with E-state index in [-0.39, 0.29) is 18.2 Å². The molecule has 2 amide bonds. The number of anilines is 1. The Morgan fingerprint density at radius 3 is 2.71 bits per heavy atom. The lowest BCUT2D eigenvalue weighted by Gasteiger charge is -2.11. The lowest BCUT2D eigenvalue weighted by atomic mass is 10.1. The number of imidazole rings is 1. The fraction of sp³-hybridized carbons (Fsp3) is 0.389. The molecule has 2 N–H and O–H groups in total. The molecule has 2 aromatic rings. The van der Waals surface area contributed by atoms with E-state index in [4.69, 9.17) is 4.98 Å². The Morgan fingerprint density at radius 2 is 2.00 bits per heavy atom. The summed E-state index contributed by atoms with van der Waals surface area (Å²) in [4.78, 5) is 27.3. The molecule has 0 fully saturated rings. The standard InChI is InChI=1S/C18H22N4O2/c1-13(23)19-10-9-18(24)20-15-7-5-14(6-8-15)16-12-22-11-3-2-4-17(22)21-16/h5-8,12H,2-4,9-11H2,1H3,(H,19,23)(H,20,24). The van der Waals surface area contributed by atoms with Crippen LogP contribution in [0.3, 0.4) is 0 Å². The molecule has 0 radical (unpaired) electrons. The highest BCUT2D eigenvalue weighted by Crippen LogP contribution is 2.23. The minimum Gasteiger partial charge on any atom is -0.356 e. The lowest BCUT2D eigenvalue weighted by molar-refractivity contribution is -0.119. The first-order chi connectivity index (χ1) is 11.6. The van der Waals surface area contributed by atoms with E-state index in [1.54, 1.807) is 0 Å². The zero-order valence-electron chi connectivity index (χ0n) is 13.8. The van der Waals surface area contributed by atoms with Crippen LogP contribution in [-0.4, -0.2) is 27.9 Å². The smallest absolute Gasteiger partial charge is 0.226 e. The van der Waals surface area contributed by atoms with E-state index >= 15 is 0 Å². The molecule has 126 valence electrons. The maximum atomic E-state index is 11.8. The molecule has 0 aliphatic carbocycles. The van der Waals surface area contributed by atoms with Crippen LogP contribution in [0.5, 0.6) is 0 Å². The van der Waals surface area contributed by atoms with Crippen molar-refractivity contribution in [3.63, 3.8) is 0 Å². The average Bonchev–Trinajstić information content (AvgIpc) is 2.99. The van der Waals surface area contributed by atoms with E-state index in [1.807, 2.05) is 24.3 Å². The Balaban J connectivity index is 1.60. The number of nitrogens with zero attached hydrogens (tertiary/aromatic N) is 2. The molecule has 0 atom stereocenters. The summed E-state index contributed by atoms with van der Waals surface area (Å²) in [5.41, 5.74) is 2.78. The minimum atomic E-state index is -0.130. The lowest BCUT2D eigenvalue weighted by Crippen LogP contribution is -2.25. The first-order valence-electron chi connectivity index (χ1n) is 8.32. The number of carbonyl (C=O) groups is 2. The molecule has 0 unspecified atom stereocenters. The third kappa shape index (κ3) is 4.01. The van der Waals surface area contributed by atoms with Crippen molar-refractivity contribution >= 4 is 17.5 Å². The summed E-state index contributed by atoms with van der Waals surface area (Å²) in [5.74, 6) is 0.912. The van der Waals surface area contributed by atoms with Gasteiger partial charge in [0.25, 0.3) is 0 Å². The molecule has 6 heteroatoms. The van der Waals surface area contributed by atoms with Crippen LogP contribution < -0.4 is 10.6 Å². The third-order valence-electron chi connectivity index (χ3n) is 4.10. The first kappa shape index (κ1) is 16.2. The Labute approximate surface area is 141 Å². The highest BCUT2D eigenvalue weighted by Gasteiger charge is 2.13. The number of nitrogens with one attached hydrogen (secondary N) is 2. The summed E-state index contributed by atoms with van der Waals surface area (Å²) >= 11 is 0. The number of hydrogen-bond donors (Lipinski definition) is 2. The normalized spacial score (nSPS) is 13.2. The molecule has 1 aromatic heterocycles. The largest absolute Gasteiger partial charge is 0.356 e. The predicted molar refractivity (Wildman–Crippen MR) is 92.5 cm³/mol. The molecule has 1 aliphatic heterocycles. The van der Waals surface area contributed by atoms with Gasteiger partial charge in [-0.05, 0) is 25.0 Å². The number of aromatic nitrogens is 2. The van der Waals surface area contributed by atoms with Gasteiger partial charge in [0, 0.05) is 50.3 Å². The molecular formula is C18H22N4O2. The molecule has 1 aromatic carbocycles. The molecule has 0 saturated heterocycles. The van der Waals surface area contributed by atoms with Gasteiger partial charge in [-0.15, -0.1) is 0 Å². The van der Waals surface area contributed by atoms with Crippen molar-refractivity contribution in [2.75, 3.05) is 11.9 Å². The molecule has 0 saturated carbocycles. The summed E-state index contributed by atoms with van der Waals surface area (Å²) in [6.45, 7) is 2.83. The SMILES string of the molecule is CC(=O)NCCC(=O)Nc1ccc(-c2cn3c(n2)CCCC3)cc1. The van der Waals surface area contributed by atoms with Crippen LogP contribution in [0.4, 0.5) is 5.69 Å². The Kier molecular flexibility index (Phi) is 4.93. The fourth-order valence-electron chi connectivity index (χ4n) is 2.85. The highest BCUT2D eigenvalue weighted by atomic mass is 16.2. The second-order valence-corrected chi connectivity index (χ2v) is 6.05. The van der Waals surface area contributed by atoms with E-state index in [0.29, 0.717) is 6.54 Å². The molecule has 0 spiro atoms.